The van der Waals surface area contributed by atoms with E-state index in [1.54, 1.807) is 12.1 Å². The van der Waals surface area contributed by atoms with Gasteiger partial charge in [-0.05, 0) is 44.2 Å². The average Bonchev–Trinajstić information content (AvgIpc) is 2.51. The van der Waals surface area contributed by atoms with Gasteiger partial charge in [-0.1, -0.05) is 6.07 Å². The molecule has 1 fully saturated rings. The van der Waals surface area contributed by atoms with Gasteiger partial charge in [0.1, 0.15) is 11.6 Å². The molecule has 6 heteroatoms. The number of ether oxygens (including phenoxy) is 1. The third kappa shape index (κ3) is 6.36. The predicted molar refractivity (Wildman–Crippen MR) is 91.3 cm³/mol. The zero-order chi connectivity index (χ0) is 15.9. The summed E-state index contributed by atoms with van der Waals surface area (Å²) in [6.45, 7) is 4.01. The Balaban J connectivity index is 0.00000264. The average molecular weight is 345 g/mol. The van der Waals surface area contributed by atoms with Gasteiger partial charge in [-0.15, -0.1) is 12.4 Å². The van der Waals surface area contributed by atoms with E-state index in [4.69, 9.17) is 10.5 Å². The minimum Gasteiger partial charge on any atom is -0.493 e. The SMILES string of the molecule is CC(N)C1CCCN(C(=O)CCCOc2cccc(F)c2)C1.Cl. The van der Waals surface area contributed by atoms with Gasteiger partial charge in [0.05, 0.1) is 6.61 Å². The van der Waals surface area contributed by atoms with Crippen LogP contribution in [0.5, 0.6) is 5.75 Å². The first-order valence-electron chi connectivity index (χ1n) is 7.98. The molecule has 1 saturated heterocycles. The summed E-state index contributed by atoms with van der Waals surface area (Å²) in [7, 11) is 0. The summed E-state index contributed by atoms with van der Waals surface area (Å²) in [5.41, 5.74) is 5.94. The maximum atomic E-state index is 13.0. The lowest BCUT2D eigenvalue weighted by molar-refractivity contribution is -0.133. The van der Waals surface area contributed by atoms with E-state index >= 15 is 0 Å². The second-order valence-electron chi connectivity index (χ2n) is 6.01. The van der Waals surface area contributed by atoms with Crippen LogP contribution in [0.25, 0.3) is 0 Å². The predicted octanol–water partition coefficient (Wildman–Crippen LogP) is 2.99. The first-order chi connectivity index (χ1) is 10.6. The van der Waals surface area contributed by atoms with Gasteiger partial charge in [0, 0.05) is 31.6 Å². The Morgan fingerprint density at radius 3 is 3.00 bits per heavy atom. The van der Waals surface area contributed by atoms with Crippen LogP contribution in [0.2, 0.25) is 0 Å². The first-order valence-corrected chi connectivity index (χ1v) is 7.98. The van der Waals surface area contributed by atoms with Crippen LogP contribution < -0.4 is 10.5 Å². The summed E-state index contributed by atoms with van der Waals surface area (Å²) in [5.74, 6) is 0.751. The van der Waals surface area contributed by atoms with Gasteiger partial charge in [0.25, 0.3) is 0 Å². The molecule has 0 spiro atoms. The number of nitrogens with two attached hydrogens (primary N) is 1. The van der Waals surface area contributed by atoms with Gasteiger partial charge in [0.2, 0.25) is 5.91 Å². The van der Waals surface area contributed by atoms with E-state index in [0.717, 1.165) is 25.9 Å². The van der Waals surface area contributed by atoms with Crippen LogP contribution in [0.4, 0.5) is 4.39 Å². The second-order valence-corrected chi connectivity index (χ2v) is 6.01. The molecule has 1 aromatic carbocycles. The highest BCUT2D eigenvalue weighted by Crippen LogP contribution is 2.19. The molecule has 1 amide bonds. The highest BCUT2D eigenvalue weighted by molar-refractivity contribution is 5.85. The van der Waals surface area contributed by atoms with Gasteiger partial charge in [0.15, 0.2) is 0 Å². The number of halogens is 2. The summed E-state index contributed by atoms with van der Waals surface area (Å²) in [6, 6.07) is 6.17. The van der Waals surface area contributed by atoms with Crippen molar-refractivity contribution in [1.29, 1.82) is 0 Å². The Morgan fingerprint density at radius 2 is 2.30 bits per heavy atom. The summed E-state index contributed by atoms with van der Waals surface area (Å²) >= 11 is 0. The Bertz CT molecular complexity index is 499. The van der Waals surface area contributed by atoms with Gasteiger partial charge in [-0.3, -0.25) is 4.79 Å². The number of likely N-dealkylation sites (tertiary alicyclic amines) is 1. The molecular formula is C17H26ClFN2O2. The number of benzene rings is 1. The fourth-order valence-electron chi connectivity index (χ4n) is 2.79. The van der Waals surface area contributed by atoms with Crippen molar-refractivity contribution in [2.75, 3.05) is 19.7 Å². The zero-order valence-corrected chi connectivity index (χ0v) is 14.4. The summed E-state index contributed by atoms with van der Waals surface area (Å²) in [4.78, 5) is 14.1. The number of piperidine rings is 1. The van der Waals surface area contributed by atoms with Crippen LogP contribution in [-0.2, 0) is 4.79 Å². The smallest absolute Gasteiger partial charge is 0.222 e. The van der Waals surface area contributed by atoms with E-state index in [9.17, 15) is 9.18 Å². The maximum Gasteiger partial charge on any atom is 0.222 e. The van der Waals surface area contributed by atoms with Crippen LogP contribution in [0, 0.1) is 11.7 Å². The van der Waals surface area contributed by atoms with Crippen molar-refractivity contribution in [1.82, 2.24) is 4.90 Å². The number of carbonyl (C=O) groups is 1. The molecular weight excluding hydrogens is 319 g/mol. The first kappa shape index (κ1) is 19.7. The van der Waals surface area contributed by atoms with Crippen LogP contribution >= 0.6 is 12.4 Å². The Hall–Kier alpha value is -1.33. The summed E-state index contributed by atoms with van der Waals surface area (Å²) < 4.78 is 18.5. The molecule has 2 N–H and O–H groups in total. The van der Waals surface area contributed by atoms with Crippen LogP contribution in [0.15, 0.2) is 24.3 Å². The fourth-order valence-corrected chi connectivity index (χ4v) is 2.79. The van der Waals surface area contributed by atoms with E-state index in [0.29, 0.717) is 31.1 Å². The van der Waals surface area contributed by atoms with Gasteiger partial charge >= 0.3 is 0 Å². The van der Waals surface area contributed by atoms with Crippen molar-refractivity contribution in [2.24, 2.45) is 11.7 Å². The number of hydrogen-bond acceptors (Lipinski definition) is 3. The molecule has 0 radical (unpaired) electrons. The van der Waals surface area contributed by atoms with Crippen molar-refractivity contribution in [2.45, 2.75) is 38.6 Å². The lowest BCUT2D eigenvalue weighted by atomic mass is 9.92. The van der Waals surface area contributed by atoms with E-state index < -0.39 is 0 Å². The molecule has 1 heterocycles. The minimum atomic E-state index is -0.316. The van der Waals surface area contributed by atoms with Gasteiger partial charge < -0.3 is 15.4 Å². The monoisotopic (exact) mass is 344 g/mol. The number of nitrogens with zero attached hydrogens (tertiary/aromatic N) is 1. The molecule has 2 unspecified atom stereocenters. The third-order valence-electron chi connectivity index (χ3n) is 4.15. The lowest BCUT2D eigenvalue weighted by Crippen LogP contribution is -2.45. The molecule has 2 atom stereocenters. The standard InChI is InChI=1S/C17H25FN2O2.ClH/c1-13(19)14-5-3-9-20(12-14)17(21)8-4-10-22-16-7-2-6-15(18)11-16;/h2,6-7,11,13-14H,3-5,8-10,12,19H2,1H3;1H. The molecule has 4 nitrogen and oxygen atoms in total. The molecule has 1 aliphatic rings. The molecule has 0 aromatic heterocycles. The Labute approximate surface area is 143 Å². The van der Waals surface area contributed by atoms with E-state index in [-0.39, 0.29) is 30.2 Å². The number of hydrogen-bond donors (Lipinski definition) is 1. The Kier molecular flexibility index (Phi) is 8.34. The lowest BCUT2D eigenvalue weighted by Gasteiger charge is -2.34. The zero-order valence-electron chi connectivity index (χ0n) is 13.5. The molecule has 1 aromatic rings. The largest absolute Gasteiger partial charge is 0.493 e. The van der Waals surface area contributed by atoms with Crippen molar-refractivity contribution < 1.29 is 13.9 Å². The number of carbonyl (C=O) groups excluding carboxylic acids is 1. The van der Waals surface area contributed by atoms with Crippen molar-refractivity contribution in [3.8, 4) is 5.75 Å². The van der Waals surface area contributed by atoms with Crippen molar-refractivity contribution in [3.05, 3.63) is 30.1 Å². The van der Waals surface area contributed by atoms with Crippen LogP contribution in [0.3, 0.4) is 0 Å². The topological polar surface area (TPSA) is 55.6 Å². The Morgan fingerprint density at radius 1 is 1.52 bits per heavy atom. The van der Waals surface area contributed by atoms with E-state index in [1.165, 1.54) is 12.1 Å². The molecule has 0 aliphatic carbocycles. The molecule has 130 valence electrons. The normalized spacial score (nSPS) is 18.9. The number of amides is 1. The van der Waals surface area contributed by atoms with Gasteiger partial charge in [-0.2, -0.15) is 0 Å². The van der Waals surface area contributed by atoms with Crippen LogP contribution in [-0.4, -0.2) is 36.5 Å². The van der Waals surface area contributed by atoms with Gasteiger partial charge in [-0.25, -0.2) is 4.39 Å². The third-order valence-corrected chi connectivity index (χ3v) is 4.15. The quantitative estimate of drug-likeness (QED) is 0.807. The number of rotatable bonds is 6. The second kappa shape index (κ2) is 9.73. The molecule has 0 saturated carbocycles. The van der Waals surface area contributed by atoms with Crippen LogP contribution in [0.1, 0.15) is 32.6 Å². The molecule has 2 rings (SSSR count). The highest BCUT2D eigenvalue weighted by atomic mass is 35.5. The van der Waals surface area contributed by atoms with Crippen molar-refractivity contribution >= 4 is 18.3 Å². The molecule has 0 bridgehead atoms. The van der Waals surface area contributed by atoms with Crippen molar-refractivity contribution in [3.63, 3.8) is 0 Å². The molecule has 23 heavy (non-hydrogen) atoms. The molecule has 1 aliphatic heterocycles. The minimum absolute atomic E-state index is 0. The maximum absolute atomic E-state index is 13.0. The van der Waals surface area contributed by atoms with E-state index in [2.05, 4.69) is 0 Å². The fraction of sp³-hybridized carbons (Fsp3) is 0.588. The van der Waals surface area contributed by atoms with E-state index in [1.807, 2.05) is 11.8 Å². The summed E-state index contributed by atoms with van der Waals surface area (Å²) in [5, 5.41) is 0. The highest BCUT2D eigenvalue weighted by Gasteiger charge is 2.25. The summed E-state index contributed by atoms with van der Waals surface area (Å²) in [6.07, 6.45) is 3.22.